The summed E-state index contributed by atoms with van der Waals surface area (Å²) < 4.78 is 5.99. The zero-order chi connectivity index (χ0) is 21.8. The molecule has 5 unspecified atom stereocenters. The smallest absolute Gasteiger partial charge is 0.309 e. The van der Waals surface area contributed by atoms with Gasteiger partial charge in [-0.25, -0.2) is 0 Å². The van der Waals surface area contributed by atoms with Gasteiger partial charge in [-0.15, -0.1) is 0 Å². The highest BCUT2D eigenvalue weighted by atomic mass is 16.5. The Morgan fingerprint density at radius 2 is 1.53 bits per heavy atom. The number of ether oxygens (including phenoxy) is 1. The summed E-state index contributed by atoms with van der Waals surface area (Å²) in [6, 6.07) is 0. The fraction of sp³-hybridized carbons (Fsp3) is 0.926. The van der Waals surface area contributed by atoms with Crippen LogP contribution in [0.5, 0.6) is 0 Å². The van der Waals surface area contributed by atoms with Crippen LogP contribution < -0.4 is 0 Å². The molecule has 3 nitrogen and oxygen atoms in total. The molecule has 0 radical (unpaired) electrons. The maximum absolute atomic E-state index is 12.5. The fourth-order valence-corrected chi connectivity index (χ4v) is 8.54. The van der Waals surface area contributed by atoms with Gasteiger partial charge in [-0.3, -0.25) is 9.59 Å². The summed E-state index contributed by atoms with van der Waals surface area (Å²) in [5, 5.41) is 0. The number of hydrogen-bond acceptors (Lipinski definition) is 3. The molecule has 4 fully saturated rings. The molecular formula is C27H44O3. The van der Waals surface area contributed by atoms with Crippen molar-refractivity contribution in [2.45, 2.75) is 105 Å². The molecule has 170 valence electrons. The van der Waals surface area contributed by atoms with Crippen molar-refractivity contribution in [3.05, 3.63) is 0 Å². The van der Waals surface area contributed by atoms with E-state index in [1.165, 1.54) is 38.5 Å². The summed E-state index contributed by atoms with van der Waals surface area (Å²) in [5.74, 6) is 4.08. The third kappa shape index (κ3) is 3.47. The van der Waals surface area contributed by atoms with E-state index >= 15 is 0 Å². The summed E-state index contributed by atoms with van der Waals surface area (Å²) in [7, 11) is 0. The number of rotatable bonds is 4. The first-order chi connectivity index (χ1) is 14.1. The van der Waals surface area contributed by atoms with Crippen molar-refractivity contribution in [2.75, 3.05) is 0 Å². The highest BCUT2D eigenvalue weighted by molar-refractivity contribution is 5.79. The molecule has 4 saturated carbocycles. The van der Waals surface area contributed by atoms with E-state index in [0.29, 0.717) is 29.0 Å². The van der Waals surface area contributed by atoms with Gasteiger partial charge >= 0.3 is 5.97 Å². The minimum Gasteiger partial charge on any atom is -0.462 e. The van der Waals surface area contributed by atoms with Gasteiger partial charge in [0, 0.05) is 5.92 Å². The molecule has 0 amide bonds. The molecule has 0 heterocycles. The van der Waals surface area contributed by atoms with Crippen LogP contribution in [-0.2, 0) is 14.3 Å². The molecule has 4 rings (SSSR count). The van der Waals surface area contributed by atoms with Crippen molar-refractivity contribution in [2.24, 2.45) is 52.3 Å². The van der Waals surface area contributed by atoms with Crippen molar-refractivity contribution in [1.82, 2.24) is 0 Å². The minimum atomic E-state index is -0.0124. The molecule has 4 aliphatic rings. The van der Waals surface area contributed by atoms with Gasteiger partial charge in [-0.05, 0) is 105 Å². The second-order valence-corrected chi connectivity index (χ2v) is 12.3. The van der Waals surface area contributed by atoms with Gasteiger partial charge in [-0.2, -0.15) is 0 Å². The number of hydrogen-bond donors (Lipinski definition) is 0. The molecule has 0 spiro atoms. The van der Waals surface area contributed by atoms with Gasteiger partial charge in [-0.1, -0.05) is 34.6 Å². The molecule has 30 heavy (non-hydrogen) atoms. The molecule has 9 atom stereocenters. The van der Waals surface area contributed by atoms with E-state index in [2.05, 4.69) is 27.7 Å². The lowest BCUT2D eigenvalue weighted by Gasteiger charge is -2.61. The SMILES string of the molecule is CC(=O)[C@H]1CCC2[C@@H]3CCC4CC(OC(=O)C(C)C(C)C)CC[C@]4(C)C3CC[C@@]21C. The number of Topliss-reactive ketones (excluding diaryl/α,β-unsaturated/α-hetero) is 1. The van der Waals surface area contributed by atoms with Gasteiger partial charge in [0.05, 0.1) is 5.92 Å². The standard InChI is InChI=1S/C27H44O3/c1-16(2)17(3)25(29)30-20-11-13-26(5)19(15-20)7-8-21-23-10-9-22(18(4)28)27(23,6)14-12-24(21)26/h16-17,19-24H,7-15H2,1-6H3/t17?,19?,20?,21-,22+,23?,24?,26-,27+/m0/s1. The Morgan fingerprint density at radius 3 is 2.20 bits per heavy atom. The zero-order valence-electron chi connectivity index (χ0n) is 20.2. The first kappa shape index (κ1) is 22.3. The van der Waals surface area contributed by atoms with Crippen LogP contribution in [0.25, 0.3) is 0 Å². The lowest BCUT2D eigenvalue weighted by atomic mass is 9.44. The van der Waals surface area contributed by atoms with Gasteiger partial charge in [0.2, 0.25) is 0 Å². The number of fused-ring (bicyclic) bond motifs is 5. The van der Waals surface area contributed by atoms with Crippen molar-refractivity contribution in [3.63, 3.8) is 0 Å². The Balaban J connectivity index is 1.45. The number of esters is 1. The molecule has 0 bridgehead atoms. The average Bonchev–Trinajstić information content (AvgIpc) is 3.05. The quantitative estimate of drug-likeness (QED) is 0.495. The van der Waals surface area contributed by atoms with E-state index in [1.807, 2.05) is 13.8 Å². The molecule has 0 aliphatic heterocycles. The fourth-order valence-electron chi connectivity index (χ4n) is 8.54. The molecular weight excluding hydrogens is 372 g/mol. The highest BCUT2D eigenvalue weighted by Gasteiger charge is 2.60. The summed E-state index contributed by atoms with van der Waals surface area (Å²) in [4.78, 5) is 24.8. The van der Waals surface area contributed by atoms with Crippen LogP contribution in [0.3, 0.4) is 0 Å². The molecule has 4 aliphatic carbocycles. The number of carbonyl (C=O) groups excluding carboxylic acids is 2. The summed E-state index contributed by atoms with van der Waals surface area (Å²) in [6.45, 7) is 13.0. The lowest BCUT2D eigenvalue weighted by Crippen LogP contribution is -2.54. The first-order valence-electron chi connectivity index (χ1n) is 12.8. The second kappa shape index (κ2) is 7.93. The van der Waals surface area contributed by atoms with Gasteiger partial charge in [0.1, 0.15) is 11.9 Å². The van der Waals surface area contributed by atoms with Crippen molar-refractivity contribution in [3.8, 4) is 0 Å². The van der Waals surface area contributed by atoms with Crippen LogP contribution in [0.4, 0.5) is 0 Å². The summed E-state index contributed by atoms with van der Waals surface area (Å²) >= 11 is 0. The predicted molar refractivity (Wildman–Crippen MR) is 120 cm³/mol. The normalized spacial score (nSPS) is 46.5. The van der Waals surface area contributed by atoms with Gasteiger partial charge < -0.3 is 4.74 Å². The zero-order valence-corrected chi connectivity index (χ0v) is 20.2. The van der Waals surface area contributed by atoms with Crippen molar-refractivity contribution >= 4 is 11.8 Å². The monoisotopic (exact) mass is 416 g/mol. The van der Waals surface area contributed by atoms with Gasteiger partial charge in [0.25, 0.3) is 0 Å². The predicted octanol–water partition coefficient (Wildman–Crippen LogP) is 6.44. The summed E-state index contributed by atoms with van der Waals surface area (Å²) in [6.07, 6.45) is 10.9. The maximum Gasteiger partial charge on any atom is 0.309 e. The van der Waals surface area contributed by atoms with Crippen molar-refractivity contribution in [1.29, 1.82) is 0 Å². The lowest BCUT2D eigenvalue weighted by molar-refractivity contribution is -0.167. The third-order valence-electron chi connectivity index (χ3n) is 10.8. The third-order valence-corrected chi connectivity index (χ3v) is 10.8. The minimum absolute atomic E-state index is 0.00181. The summed E-state index contributed by atoms with van der Waals surface area (Å²) in [5.41, 5.74) is 0.640. The largest absolute Gasteiger partial charge is 0.462 e. The van der Waals surface area contributed by atoms with Crippen molar-refractivity contribution < 1.29 is 14.3 Å². The van der Waals surface area contributed by atoms with Crippen LogP contribution in [0.1, 0.15) is 99.3 Å². The average molecular weight is 417 g/mol. The van der Waals surface area contributed by atoms with Crippen LogP contribution in [0.15, 0.2) is 0 Å². The van der Waals surface area contributed by atoms with E-state index < -0.39 is 0 Å². The molecule has 0 N–H and O–H groups in total. The van der Waals surface area contributed by atoms with Crippen LogP contribution in [0.2, 0.25) is 0 Å². The second-order valence-electron chi connectivity index (χ2n) is 12.3. The van der Waals surface area contributed by atoms with Crippen LogP contribution >= 0.6 is 0 Å². The number of carbonyl (C=O) groups is 2. The highest BCUT2D eigenvalue weighted by Crippen LogP contribution is 2.67. The van der Waals surface area contributed by atoms with E-state index in [0.717, 1.165) is 37.0 Å². The Bertz CT molecular complexity index is 684. The van der Waals surface area contributed by atoms with E-state index in [1.54, 1.807) is 0 Å². The topological polar surface area (TPSA) is 43.4 Å². The molecule has 0 aromatic rings. The Labute approximate surface area is 184 Å². The van der Waals surface area contributed by atoms with E-state index in [-0.39, 0.29) is 23.4 Å². The Hall–Kier alpha value is -0.860. The molecule has 0 aromatic heterocycles. The Morgan fingerprint density at radius 1 is 0.867 bits per heavy atom. The van der Waals surface area contributed by atoms with Gasteiger partial charge in [0.15, 0.2) is 0 Å². The Kier molecular flexibility index (Phi) is 5.90. The van der Waals surface area contributed by atoms with Crippen LogP contribution in [-0.4, -0.2) is 17.9 Å². The maximum atomic E-state index is 12.5. The first-order valence-corrected chi connectivity index (χ1v) is 12.8. The molecule has 0 saturated heterocycles. The molecule has 3 heteroatoms. The number of ketones is 1. The van der Waals surface area contributed by atoms with Crippen LogP contribution in [0, 0.1) is 52.3 Å². The molecule has 0 aromatic carbocycles. The van der Waals surface area contributed by atoms with E-state index in [4.69, 9.17) is 4.74 Å². The van der Waals surface area contributed by atoms with E-state index in [9.17, 15) is 9.59 Å².